The van der Waals surface area contributed by atoms with E-state index in [-0.39, 0.29) is 5.97 Å². The van der Waals surface area contributed by atoms with E-state index in [2.05, 4.69) is 6.58 Å². The highest BCUT2D eigenvalue weighted by molar-refractivity contribution is 6.65. The normalized spacial score (nSPS) is 11.6. The molecule has 0 radical (unpaired) electrons. The third kappa shape index (κ3) is 22.0. The number of rotatable bonds is 18. The van der Waals surface area contributed by atoms with Crippen LogP contribution in [-0.2, 0) is 9.53 Å². The average Bonchev–Trinajstić information content (AvgIpc) is 2.56. The maximum Gasteiger partial charge on any atom is 0.330 e. The van der Waals surface area contributed by atoms with Crippen LogP contribution in [0.2, 0.25) is 0 Å². The quantitative estimate of drug-likeness (QED) is 0.0904. The molecule has 0 saturated carbocycles. The van der Waals surface area contributed by atoms with E-state index in [9.17, 15) is 4.79 Å². The molecule has 0 saturated heterocycles. The van der Waals surface area contributed by atoms with Crippen LogP contribution in [0.1, 0.15) is 96.3 Å². The van der Waals surface area contributed by atoms with Gasteiger partial charge in [-0.15, -0.1) is 23.2 Å². The topological polar surface area (TPSA) is 26.3 Å². The molecule has 0 aliphatic rings. The van der Waals surface area contributed by atoms with Crippen LogP contribution in [0.3, 0.4) is 0 Å². The number of halogens is 2. The van der Waals surface area contributed by atoms with Crippen molar-refractivity contribution in [3.05, 3.63) is 12.7 Å². The Balaban J connectivity index is 3.07. The molecule has 5 heteroatoms. The summed E-state index contributed by atoms with van der Waals surface area (Å²) in [4.78, 5) is 10.8. The molecule has 0 rings (SSSR count). The van der Waals surface area contributed by atoms with Crippen LogP contribution in [0.15, 0.2) is 12.7 Å². The van der Waals surface area contributed by atoms with Gasteiger partial charge in [0.2, 0.25) is 0 Å². The summed E-state index contributed by atoms with van der Waals surface area (Å²) in [6, 6.07) is 0. The Labute approximate surface area is 168 Å². The fourth-order valence-electron chi connectivity index (χ4n) is 2.89. The number of hydrogen-bond donors (Lipinski definition) is 0. The van der Waals surface area contributed by atoms with Crippen molar-refractivity contribution >= 4 is 39.4 Å². The first-order valence-corrected chi connectivity index (χ1v) is 11.9. The zero-order valence-electron chi connectivity index (χ0n) is 16.2. The molecule has 0 heterocycles. The second-order valence-corrected chi connectivity index (χ2v) is 12.0. The molecule has 0 aromatic rings. The molecular weight excluding hydrogens is 371 g/mol. The SMILES string of the molecule is C=CC(=O)OCCCCCCCCCCCCCCCCC([SiH3])(Cl)Cl. The van der Waals surface area contributed by atoms with Gasteiger partial charge < -0.3 is 4.74 Å². The molecule has 0 aliphatic carbocycles. The Bertz CT molecular complexity index is 330. The lowest BCUT2D eigenvalue weighted by molar-refractivity contribution is -0.137. The lowest BCUT2D eigenvalue weighted by atomic mass is 10.0. The fourth-order valence-corrected chi connectivity index (χ4v) is 3.51. The molecule has 0 aromatic carbocycles. The first kappa shape index (κ1) is 25.0. The fraction of sp³-hybridized carbons (Fsp3) is 0.850. The molecule has 0 bridgehead atoms. The van der Waals surface area contributed by atoms with E-state index < -0.39 is 3.96 Å². The molecule has 0 spiro atoms. The summed E-state index contributed by atoms with van der Waals surface area (Å²) in [5.41, 5.74) is 0. The highest BCUT2D eigenvalue weighted by Crippen LogP contribution is 2.24. The van der Waals surface area contributed by atoms with Crippen LogP contribution < -0.4 is 0 Å². The molecule has 25 heavy (non-hydrogen) atoms. The van der Waals surface area contributed by atoms with Gasteiger partial charge in [-0.1, -0.05) is 90.0 Å². The minimum Gasteiger partial charge on any atom is -0.463 e. The van der Waals surface area contributed by atoms with Crippen molar-refractivity contribution in [2.45, 2.75) is 100 Å². The van der Waals surface area contributed by atoms with Crippen LogP contribution >= 0.6 is 23.2 Å². The standard InChI is InChI=1S/C20H38Cl2O2Si/c1-2-19(23)24-18-16-14-12-10-8-6-4-3-5-7-9-11-13-15-17-20(21,22)25/h2H,1,3-18H2,25H3. The third-order valence-electron chi connectivity index (χ3n) is 4.42. The predicted molar refractivity (Wildman–Crippen MR) is 115 cm³/mol. The molecule has 0 fully saturated rings. The summed E-state index contributed by atoms with van der Waals surface area (Å²) in [7, 11) is 0.858. The maximum atomic E-state index is 10.8. The second kappa shape index (κ2) is 17.4. The summed E-state index contributed by atoms with van der Waals surface area (Å²) >= 11 is 12.0. The smallest absolute Gasteiger partial charge is 0.330 e. The lowest BCUT2D eigenvalue weighted by Crippen LogP contribution is -2.11. The van der Waals surface area contributed by atoms with Crippen molar-refractivity contribution in [2.24, 2.45) is 0 Å². The van der Waals surface area contributed by atoms with Gasteiger partial charge in [0.15, 0.2) is 0 Å². The van der Waals surface area contributed by atoms with Gasteiger partial charge in [-0.2, -0.15) is 0 Å². The second-order valence-electron chi connectivity index (χ2n) is 7.14. The summed E-state index contributed by atoms with van der Waals surface area (Å²) in [5.74, 6) is -0.310. The highest BCUT2D eigenvalue weighted by atomic mass is 35.5. The minimum atomic E-state index is -0.404. The van der Waals surface area contributed by atoms with Crippen LogP contribution in [0, 0.1) is 0 Å². The van der Waals surface area contributed by atoms with E-state index in [0.29, 0.717) is 6.61 Å². The van der Waals surface area contributed by atoms with Gasteiger partial charge in [-0.3, -0.25) is 0 Å². The lowest BCUT2D eigenvalue weighted by Gasteiger charge is -2.12. The number of alkyl halides is 2. The van der Waals surface area contributed by atoms with Crippen LogP contribution in [-0.4, -0.2) is 26.8 Å². The third-order valence-corrected chi connectivity index (χ3v) is 5.30. The van der Waals surface area contributed by atoms with Gasteiger partial charge in [0, 0.05) is 16.3 Å². The van der Waals surface area contributed by atoms with E-state index >= 15 is 0 Å². The highest BCUT2D eigenvalue weighted by Gasteiger charge is 2.14. The van der Waals surface area contributed by atoms with Gasteiger partial charge in [0.05, 0.1) is 10.6 Å². The maximum absolute atomic E-state index is 10.8. The van der Waals surface area contributed by atoms with E-state index in [1.165, 1.54) is 83.1 Å². The van der Waals surface area contributed by atoms with Crippen LogP contribution in [0.5, 0.6) is 0 Å². The summed E-state index contributed by atoms with van der Waals surface area (Å²) in [5, 5.41) is 0. The van der Waals surface area contributed by atoms with Crippen molar-refractivity contribution in [2.75, 3.05) is 6.61 Å². The van der Waals surface area contributed by atoms with Crippen molar-refractivity contribution in [3.63, 3.8) is 0 Å². The Hall–Kier alpha value is 0.00688. The Kier molecular flexibility index (Phi) is 17.4. The first-order valence-electron chi connectivity index (χ1n) is 10.1. The average molecular weight is 410 g/mol. The largest absolute Gasteiger partial charge is 0.463 e. The number of unbranched alkanes of at least 4 members (excludes halogenated alkanes) is 13. The molecule has 0 aromatic heterocycles. The van der Waals surface area contributed by atoms with E-state index in [1.54, 1.807) is 0 Å². The molecule has 0 N–H and O–H groups in total. The summed E-state index contributed by atoms with van der Waals surface area (Å²) in [6.45, 7) is 3.91. The molecule has 2 nitrogen and oxygen atoms in total. The number of hydrogen-bond acceptors (Lipinski definition) is 2. The van der Waals surface area contributed by atoms with E-state index in [0.717, 1.165) is 29.5 Å². The number of ether oxygens (including phenoxy) is 1. The molecular formula is C20H38Cl2O2Si. The van der Waals surface area contributed by atoms with Crippen LogP contribution in [0.25, 0.3) is 0 Å². The van der Waals surface area contributed by atoms with Gasteiger partial charge in [0.1, 0.15) is 0 Å². The van der Waals surface area contributed by atoms with Crippen LogP contribution in [0.4, 0.5) is 0 Å². The number of carbonyl (C=O) groups excluding carboxylic acids is 1. The van der Waals surface area contributed by atoms with Gasteiger partial charge in [0.25, 0.3) is 0 Å². The summed E-state index contributed by atoms with van der Waals surface area (Å²) in [6.07, 6.45) is 20.2. The zero-order chi connectivity index (χ0) is 18.8. The zero-order valence-corrected chi connectivity index (χ0v) is 19.7. The molecule has 0 amide bonds. The molecule has 0 unspecified atom stereocenters. The monoisotopic (exact) mass is 408 g/mol. The van der Waals surface area contributed by atoms with E-state index in [4.69, 9.17) is 27.9 Å². The Morgan fingerprint density at radius 2 is 1.16 bits per heavy atom. The number of carbonyl (C=O) groups is 1. The Morgan fingerprint density at radius 3 is 1.52 bits per heavy atom. The molecule has 0 atom stereocenters. The predicted octanol–water partition coefficient (Wildman–Crippen LogP) is 6.06. The van der Waals surface area contributed by atoms with Crippen molar-refractivity contribution in [1.82, 2.24) is 0 Å². The Morgan fingerprint density at radius 1 is 0.800 bits per heavy atom. The summed E-state index contributed by atoms with van der Waals surface area (Å²) < 4.78 is 4.55. The van der Waals surface area contributed by atoms with Gasteiger partial charge in [-0.25, -0.2) is 4.79 Å². The van der Waals surface area contributed by atoms with Crippen molar-refractivity contribution < 1.29 is 9.53 Å². The van der Waals surface area contributed by atoms with Gasteiger partial charge >= 0.3 is 5.97 Å². The van der Waals surface area contributed by atoms with E-state index in [1.807, 2.05) is 0 Å². The first-order chi connectivity index (χ1) is 12.0. The van der Waals surface area contributed by atoms with Crippen molar-refractivity contribution in [1.29, 1.82) is 0 Å². The molecule has 148 valence electrons. The number of esters is 1. The minimum absolute atomic E-state index is 0.310. The van der Waals surface area contributed by atoms with Crippen molar-refractivity contribution in [3.8, 4) is 0 Å². The molecule has 0 aliphatic heterocycles. The van der Waals surface area contributed by atoms with Gasteiger partial charge in [-0.05, 0) is 12.8 Å².